The second kappa shape index (κ2) is 36.5. The molecule has 0 aliphatic carbocycles. The summed E-state index contributed by atoms with van der Waals surface area (Å²) in [5, 5.41) is 18.1. The van der Waals surface area contributed by atoms with Crippen LogP contribution in [0.5, 0.6) is 0 Å². The van der Waals surface area contributed by atoms with Crippen LogP contribution < -0.4 is 14.7 Å². The smallest absolute Gasteiger partial charge is 0.161 e. The van der Waals surface area contributed by atoms with Crippen LogP contribution in [0.4, 0.5) is 51.2 Å². The zero-order valence-corrected chi connectivity index (χ0v) is 81.1. The molecule has 148 heavy (non-hydrogen) atoms. The minimum absolute atomic E-state index is 0.671. The Morgan fingerprint density at radius 3 is 0.845 bits per heavy atom. The highest BCUT2D eigenvalue weighted by Gasteiger charge is 2.31. The minimum atomic E-state index is 0.671. The van der Waals surface area contributed by atoms with Gasteiger partial charge in [0.1, 0.15) is 16.7 Å². The van der Waals surface area contributed by atoms with E-state index in [1.807, 2.05) is 60.7 Å². The van der Waals surface area contributed by atoms with Gasteiger partial charge < -0.3 is 28.0 Å². The van der Waals surface area contributed by atoms with Gasteiger partial charge in [-0.05, 0) is 160 Å². The maximum absolute atomic E-state index is 7.09. The first-order valence-electron chi connectivity index (χ1n) is 49.5. The molecular formula is C134H83N9O3S2. The largest absolute Gasteiger partial charge is 0.453 e. The topological polar surface area (TPSA) is 126 Å². The normalized spacial score (nSPS) is 11.6. The number of hydrogen-bond donors (Lipinski definition) is 0. The fraction of sp³-hybridized carbons (Fsp3) is 0. The molecule has 30 rings (SSSR count). The average Bonchev–Trinajstić information content (AvgIpc) is 1.55. The Morgan fingerprint density at radius 2 is 0.466 bits per heavy atom. The Kier molecular flexibility index (Phi) is 21.4. The van der Waals surface area contributed by atoms with E-state index in [0.717, 1.165) is 242 Å². The molecule has 0 saturated carbocycles. The summed E-state index contributed by atoms with van der Waals surface area (Å²) in [7, 11) is 0. The molecule has 0 spiro atoms. The van der Waals surface area contributed by atoms with Crippen molar-refractivity contribution in [3.63, 3.8) is 0 Å². The predicted octanol–water partition coefficient (Wildman–Crippen LogP) is 38.0. The summed E-state index contributed by atoms with van der Waals surface area (Å²) in [4.78, 5) is 38.9. The van der Waals surface area contributed by atoms with Gasteiger partial charge in [-0.15, -0.1) is 22.7 Å². The molecule has 12 nitrogen and oxygen atoms in total. The Morgan fingerprint density at radius 1 is 0.182 bits per heavy atom. The molecule has 30 aromatic rings. The summed E-state index contributed by atoms with van der Waals surface area (Å²) >= 11 is 3.50. The number of rotatable bonds is 15. The van der Waals surface area contributed by atoms with Gasteiger partial charge in [-0.3, -0.25) is 0 Å². The van der Waals surface area contributed by atoms with Gasteiger partial charge in [0.05, 0.1) is 60.1 Å². The van der Waals surface area contributed by atoms with Crippen LogP contribution in [0.2, 0.25) is 0 Å². The highest BCUT2D eigenvalue weighted by atomic mass is 32.1. The fourth-order valence-corrected chi connectivity index (χ4v) is 23.7. The van der Waals surface area contributed by atoms with E-state index >= 15 is 0 Å². The summed E-state index contributed by atoms with van der Waals surface area (Å²) in [6.45, 7) is 0. The van der Waals surface area contributed by atoms with Gasteiger partial charge in [-0.25, -0.2) is 29.9 Å². The van der Waals surface area contributed by atoms with E-state index in [4.69, 9.17) is 43.2 Å². The van der Waals surface area contributed by atoms with Gasteiger partial charge in [-0.2, -0.15) is 0 Å². The third-order valence-electron chi connectivity index (χ3n) is 28.1. The lowest BCUT2D eigenvalue weighted by Crippen LogP contribution is -2.09. The van der Waals surface area contributed by atoms with Gasteiger partial charge in [0.15, 0.2) is 34.2 Å². The van der Waals surface area contributed by atoms with Gasteiger partial charge >= 0.3 is 0 Å². The number of anilines is 9. The van der Waals surface area contributed by atoms with Crippen molar-refractivity contribution in [1.82, 2.24) is 29.9 Å². The van der Waals surface area contributed by atoms with E-state index in [0.29, 0.717) is 17.5 Å². The number of para-hydroxylation sites is 10. The molecule has 8 aromatic heterocycles. The summed E-state index contributed by atoms with van der Waals surface area (Å²) in [6.07, 6.45) is 0. The molecular weight excluding hydrogens is 1850 g/mol. The minimum Gasteiger partial charge on any atom is -0.453 e. The first-order chi connectivity index (χ1) is 73.4. The van der Waals surface area contributed by atoms with E-state index in [1.54, 1.807) is 22.7 Å². The molecule has 0 fully saturated rings. The molecule has 0 amide bonds. The van der Waals surface area contributed by atoms with Crippen molar-refractivity contribution < 1.29 is 13.3 Å². The van der Waals surface area contributed by atoms with Crippen molar-refractivity contribution in [3.8, 4) is 67.9 Å². The fourth-order valence-electron chi connectivity index (χ4n) is 21.4. The third kappa shape index (κ3) is 15.0. The van der Waals surface area contributed by atoms with Gasteiger partial charge in [-0.1, -0.05) is 370 Å². The number of nitrogens with zero attached hydrogens (tertiary/aromatic N) is 9. The van der Waals surface area contributed by atoms with Crippen molar-refractivity contribution in [2.24, 2.45) is 0 Å². The van der Waals surface area contributed by atoms with Gasteiger partial charge in [0.25, 0.3) is 0 Å². The molecule has 0 aliphatic rings. The first-order valence-corrected chi connectivity index (χ1v) is 51.1. The lowest BCUT2D eigenvalue weighted by Gasteiger charge is -2.25. The maximum atomic E-state index is 7.09. The first kappa shape index (κ1) is 86.5. The molecule has 0 unspecified atom stereocenters. The number of benzene rings is 22. The van der Waals surface area contributed by atoms with Crippen LogP contribution in [0.15, 0.2) is 517 Å². The molecule has 14 heteroatoms. The van der Waals surface area contributed by atoms with E-state index < -0.39 is 0 Å². The SMILES string of the molecule is c1ccc(-c2nc(-c3cc4ccccc4c4oc5c(N(c6ccccc6)c6ccccc6)cccc5c34)nc3c2sc2ccccc23)cc1.c1ccc(-c2nc(-c3cc4ccccc4c4oc5c(N(c6ccccc6)c6ccccc6)cccc5c34)nc3ccccc23)cc1.c1ccc(N(c2ccccc2)c2cccc3c2oc2c4ccccc4cc(-c4nc(-c5ccc6ccccc6c5)c5sc6ccccc6c5n4)c32)cc1. The lowest BCUT2D eigenvalue weighted by molar-refractivity contribution is 0.672. The lowest BCUT2D eigenvalue weighted by atomic mass is 9.98. The van der Waals surface area contributed by atoms with Crippen molar-refractivity contribution in [1.29, 1.82) is 0 Å². The Labute approximate surface area is 857 Å². The molecule has 694 valence electrons. The molecule has 22 aromatic carbocycles. The van der Waals surface area contributed by atoms with Crippen LogP contribution in [0.25, 0.3) is 228 Å². The second-order valence-corrected chi connectivity index (χ2v) is 39.0. The number of thiophene rings is 2. The van der Waals surface area contributed by atoms with Crippen LogP contribution in [0, 0.1) is 0 Å². The van der Waals surface area contributed by atoms with Crippen LogP contribution in [-0.2, 0) is 0 Å². The highest BCUT2D eigenvalue weighted by Crippen LogP contribution is 2.54. The quantitative estimate of drug-likeness (QED) is 0.0970. The van der Waals surface area contributed by atoms with Crippen molar-refractivity contribution in [2.75, 3.05) is 14.7 Å². The van der Waals surface area contributed by atoms with Crippen LogP contribution in [-0.4, -0.2) is 29.9 Å². The Hall–Kier alpha value is -19.4. The van der Waals surface area contributed by atoms with Crippen LogP contribution in [0.3, 0.4) is 0 Å². The number of hydrogen-bond acceptors (Lipinski definition) is 14. The molecule has 0 bridgehead atoms. The molecule has 0 radical (unpaired) electrons. The molecule has 0 aliphatic heterocycles. The standard InChI is InChI=1S/C48H29N3OS.C44H27N3OS.C42H27N3O/c1-3-17-34(18-4-1)51(35-19-5-2-6-20-35)40-24-13-23-38-42-39(29-32-16-9-10-21-36(32)46(42)52-45(38)40)48-49-43(33-27-26-30-14-7-8-15-31(30)28-33)47-44(50-48)37-22-11-12-25-41(37)53-47;1-4-15-28(16-5-1)39-43-40(33-23-12-13-26-37(33)49-43)46-44(45-39)35-27-29-17-10-11-22-32(29)42-38(35)34-24-14-25-36(41(34)48-42)47(30-18-6-2-7-19-30)31-20-8-3-9-21-31;1-4-15-28(16-5-1)39-33-23-12-13-25-36(33)43-42(44-39)35-27-29-17-10-11-22-32(29)41-38(35)34-24-14-26-37(40(34)46-41)45(30-18-6-2-7-19-30)31-20-8-3-9-21-31/h1-29H;1-27H;1-27H. The van der Waals surface area contributed by atoms with Gasteiger partial charge in [0.2, 0.25) is 0 Å². The molecule has 0 atom stereocenters. The summed E-state index contributed by atoms with van der Waals surface area (Å²) in [5.41, 5.74) is 25.8. The van der Waals surface area contributed by atoms with E-state index in [-0.39, 0.29) is 0 Å². The summed E-state index contributed by atoms with van der Waals surface area (Å²) in [6, 6.07) is 175. The van der Waals surface area contributed by atoms with E-state index in [9.17, 15) is 0 Å². The van der Waals surface area contributed by atoms with Crippen LogP contribution in [0.1, 0.15) is 0 Å². The Balaban J connectivity index is 0.000000107. The Bertz CT molecular complexity index is 10300. The second-order valence-electron chi connectivity index (χ2n) is 36.9. The van der Waals surface area contributed by atoms with E-state index in [1.165, 1.54) is 20.2 Å². The van der Waals surface area contributed by atoms with Crippen LogP contribution >= 0.6 is 22.7 Å². The van der Waals surface area contributed by atoms with Crippen molar-refractivity contribution in [2.45, 2.75) is 0 Å². The monoisotopic (exact) mass is 1930 g/mol. The molecule has 0 N–H and O–H groups in total. The number of furan rings is 3. The highest BCUT2D eigenvalue weighted by molar-refractivity contribution is 7.26. The molecule has 0 saturated heterocycles. The summed E-state index contributed by atoms with van der Waals surface area (Å²) in [5.74, 6) is 2.03. The zero-order chi connectivity index (χ0) is 97.6. The maximum Gasteiger partial charge on any atom is 0.161 e. The molecule has 8 heterocycles. The average molecular weight is 1930 g/mol. The van der Waals surface area contributed by atoms with Gasteiger partial charge in [0, 0.05) is 142 Å². The van der Waals surface area contributed by atoms with E-state index in [2.05, 4.69) is 458 Å². The van der Waals surface area contributed by atoms with Crippen molar-refractivity contribution in [3.05, 3.63) is 504 Å². The zero-order valence-electron chi connectivity index (χ0n) is 79.5. The number of aromatic nitrogens is 6. The summed E-state index contributed by atoms with van der Waals surface area (Å²) < 4.78 is 25.7. The number of fused-ring (bicyclic) bond motifs is 23. The van der Waals surface area contributed by atoms with Crippen molar-refractivity contribution >= 4 is 234 Å². The third-order valence-corrected chi connectivity index (χ3v) is 30.4. The predicted molar refractivity (Wildman–Crippen MR) is 618 cm³/mol.